The summed E-state index contributed by atoms with van der Waals surface area (Å²) >= 11 is 0. The summed E-state index contributed by atoms with van der Waals surface area (Å²) in [6, 6.07) is 7.33. The van der Waals surface area contributed by atoms with Crippen molar-refractivity contribution in [3.63, 3.8) is 0 Å². The fourth-order valence-corrected chi connectivity index (χ4v) is 2.11. The Bertz CT molecular complexity index is 803. The molecule has 0 spiro atoms. The van der Waals surface area contributed by atoms with Crippen LogP contribution < -0.4 is 11.1 Å². The van der Waals surface area contributed by atoms with Gasteiger partial charge in [-0.25, -0.2) is 4.98 Å². The van der Waals surface area contributed by atoms with E-state index in [2.05, 4.69) is 25.6 Å². The van der Waals surface area contributed by atoms with Crippen LogP contribution in [-0.4, -0.2) is 37.4 Å². The van der Waals surface area contributed by atoms with E-state index < -0.39 is 0 Å². The number of amides is 1. The zero-order valence-electron chi connectivity index (χ0n) is 12.7. The molecule has 2 aromatic heterocycles. The fourth-order valence-electron chi connectivity index (χ4n) is 2.11. The topological polar surface area (TPSA) is 115 Å². The lowest BCUT2D eigenvalue weighted by Gasteiger charge is -2.04. The van der Waals surface area contributed by atoms with Gasteiger partial charge in [-0.05, 0) is 31.2 Å². The maximum Gasteiger partial charge on any atom is 0.258 e. The predicted molar refractivity (Wildman–Crippen MR) is 85.8 cm³/mol. The number of aryl methyl sites for hydroxylation is 1. The minimum Gasteiger partial charge on any atom is -0.329 e. The summed E-state index contributed by atoms with van der Waals surface area (Å²) in [6.45, 7) is 2.90. The van der Waals surface area contributed by atoms with E-state index in [-0.39, 0.29) is 5.91 Å². The standard InChI is InChI=1S/C15H17N7O/c1-10-18-14(21-20-10)11-2-4-13(5-3-11)19-15(23)12-8-17-22(9-12)7-6-16/h2-5,8-9H,6-7,16H2,1H3,(H,19,23)(H,18,20,21). The Hall–Kier alpha value is -3.00. The third kappa shape index (κ3) is 3.43. The van der Waals surface area contributed by atoms with Crippen LogP contribution in [0.25, 0.3) is 11.4 Å². The van der Waals surface area contributed by atoms with Gasteiger partial charge in [-0.1, -0.05) is 0 Å². The molecule has 0 unspecified atom stereocenters. The number of benzene rings is 1. The Morgan fingerprint density at radius 3 is 2.78 bits per heavy atom. The summed E-state index contributed by atoms with van der Waals surface area (Å²) in [5, 5.41) is 13.8. The SMILES string of the molecule is Cc1nc(-c2ccc(NC(=O)c3cnn(CCN)c3)cc2)n[nH]1. The highest BCUT2D eigenvalue weighted by molar-refractivity contribution is 6.04. The third-order valence-electron chi connectivity index (χ3n) is 3.25. The lowest BCUT2D eigenvalue weighted by Crippen LogP contribution is -2.12. The van der Waals surface area contributed by atoms with Crippen LogP contribution in [0.5, 0.6) is 0 Å². The van der Waals surface area contributed by atoms with Crippen molar-refractivity contribution in [2.24, 2.45) is 5.73 Å². The number of rotatable bonds is 5. The van der Waals surface area contributed by atoms with Gasteiger partial charge in [-0.15, -0.1) is 0 Å². The van der Waals surface area contributed by atoms with Gasteiger partial charge in [0.2, 0.25) is 0 Å². The molecule has 3 rings (SSSR count). The molecule has 8 heteroatoms. The minimum absolute atomic E-state index is 0.213. The largest absolute Gasteiger partial charge is 0.329 e. The molecule has 0 saturated carbocycles. The summed E-state index contributed by atoms with van der Waals surface area (Å²) in [5.41, 5.74) is 7.52. The Balaban J connectivity index is 1.68. The molecule has 1 aromatic carbocycles. The predicted octanol–water partition coefficient (Wildman–Crippen LogP) is 1.19. The maximum atomic E-state index is 12.2. The van der Waals surface area contributed by atoms with Gasteiger partial charge in [0.15, 0.2) is 5.82 Å². The van der Waals surface area contributed by atoms with Gasteiger partial charge in [0.25, 0.3) is 5.91 Å². The molecule has 118 valence electrons. The van der Waals surface area contributed by atoms with Crippen molar-refractivity contribution in [3.05, 3.63) is 48.0 Å². The van der Waals surface area contributed by atoms with Crippen molar-refractivity contribution in [3.8, 4) is 11.4 Å². The van der Waals surface area contributed by atoms with Crippen molar-refractivity contribution in [2.45, 2.75) is 13.5 Å². The first kappa shape index (κ1) is 14.9. The lowest BCUT2D eigenvalue weighted by atomic mass is 10.2. The van der Waals surface area contributed by atoms with Crippen molar-refractivity contribution in [2.75, 3.05) is 11.9 Å². The van der Waals surface area contributed by atoms with E-state index in [4.69, 9.17) is 5.73 Å². The second-order valence-electron chi connectivity index (χ2n) is 5.06. The Kier molecular flexibility index (Phi) is 4.15. The Morgan fingerprint density at radius 1 is 1.35 bits per heavy atom. The summed E-state index contributed by atoms with van der Waals surface area (Å²) in [4.78, 5) is 16.4. The molecule has 0 atom stereocenters. The highest BCUT2D eigenvalue weighted by Crippen LogP contribution is 2.18. The van der Waals surface area contributed by atoms with E-state index >= 15 is 0 Å². The lowest BCUT2D eigenvalue weighted by molar-refractivity contribution is 0.102. The van der Waals surface area contributed by atoms with Crippen LogP contribution in [0.4, 0.5) is 5.69 Å². The number of nitrogens with one attached hydrogen (secondary N) is 2. The molecule has 0 aliphatic carbocycles. The molecular formula is C15H17N7O. The Labute approximate surface area is 132 Å². The van der Waals surface area contributed by atoms with E-state index in [9.17, 15) is 4.79 Å². The van der Waals surface area contributed by atoms with E-state index in [0.717, 1.165) is 11.4 Å². The number of nitrogens with zero attached hydrogens (tertiary/aromatic N) is 4. The average molecular weight is 311 g/mol. The van der Waals surface area contributed by atoms with Gasteiger partial charge in [0.05, 0.1) is 18.3 Å². The maximum absolute atomic E-state index is 12.2. The first-order valence-corrected chi connectivity index (χ1v) is 7.19. The van der Waals surface area contributed by atoms with Gasteiger partial charge in [0.1, 0.15) is 5.82 Å². The van der Waals surface area contributed by atoms with E-state index in [1.165, 1.54) is 6.20 Å². The second-order valence-corrected chi connectivity index (χ2v) is 5.06. The molecule has 0 aliphatic heterocycles. The second kappa shape index (κ2) is 6.41. The molecule has 2 heterocycles. The third-order valence-corrected chi connectivity index (χ3v) is 3.25. The minimum atomic E-state index is -0.213. The van der Waals surface area contributed by atoms with Gasteiger partial charge < -0.3 is 11.1 Å². The van der Waals surface area contributed by atoms with E-state index in [0.29, 0.717) is 30.2 Å². The van der Waals surface area contributed by atoms with Crippen LogP contribution in [0.15, 0.2) is 36.7 Å². The zero-order valence-corrected chi connectivity index (χ0v) is 12.7. The number of hydrogen-bond donors (Lipinski definition) is 3. The molecular weight excluding hydrogens is 294 g/mol. The van der Waals surface area contributed by atoms with Crippen molar-refractivity contribution >= 4 is 11.6 Å². The van der Waals surface area contributed by atoms with Crippen LogP contribution in [0.1, 0.15) is 16.2 Å². The van der Waals surface area contributed by atoms with Gasteiger partial charge in [-0.2, -0.15) is 10.2 Å². The van der Waals surface area contributed by atoms with Gasteiger partial charge >= 0.3 is 0 Å². The summed E-state index contributed by atoms with van der Waals surface area (Å²) < 4.78 is 1.64. The quantitative estimate of drug-likeness (QED) is 0.654. The van der Waals surface area contributed by atoms with Crippen LogP contribution in [-0.2, 0) is 6.54 Å². The number of nitrogens with two attached hydrogens (primary N) is 1. The molecule has 0 radical (unpaired) electrons. The summed E-state index contributed by atoms with van der Waals surface area (Å²) in [6.07, 6.45) is 3.20. The Morgan fingerprint density at radius 2 is 2.13 bits per heavy atom. The van der Waals surface area contributed by atoms with Crippen LogP contribution in [0.3, 0.4) is 0 Å². The molecule has 0 fully saturated rings. The van der Waals surface area contributed by atoms with Crippen LogP contribution in [0, 0.1) is 6.92 Å². The molecule has 0 aliphatic rings. The van der Waals surface area contributed by atoms with Crippen molar-refractivity contribution in [1.82, 2.24) is 25.0 Å². The zero-order chi connectivity index (χ0) is 16.2. The smallest absolute Gasteiger partial charge is 0.258 e. The number of aromatic nitrogens is 5. The molecule has 1 amide bonds. The van der Waals surface area contributed by atoms with Gasteiger partial charge in [0, 0.05) is 24.0 Å². The fraction of sp³-hybridized carbons (Fsp3) is 0.200. The monoisotopic (exact) mass is 311 g/mol. The van der Waals surface area contributed by atoms with Crippen LogP contribution >= 0.6 is 0 Å². The first-order valence-electron chi connectivity index (χ1n) is 7.19. The highest BCUT2D eigenvalue weighted by Gasteiger charge is 2.09. The molecule has 4 N–H and O–H groups in total. The van der Waals surface area contributed by atoms with Gasteiger partial charge in [-0.3, -0.25) is 14.6 Å². The molecule has 3 aromatic rings. The van der Waals surface area contributed by atoms with Crippen LogP contribution in [0.2, 0.25) is 0 Å². The molecule has 23 heavy (non-hydrogen) atoms. The molecule has 0 bridgehead atoms. The van der Waals surface area contributed by atoms with Crippen molar-refractivity contribution in [1.29, 1.82) is 0 Å². The number of carbonyl (C=O) groups excluding carboxylic acids is 1. The number of hydrogen-bond acceptors (Lipinski definition) is 5. The first-order chi connectivity index (χ1) is 11.2. The summed E-state index contributed by atoms with van der Waals surface area (Å²) in [5.74, 6) is 1.17. The average Bonchev–Trinajstić information content (AvgIpc) is 3.18. The number of aromatic amines is 1. The molecule has 8 nitrogen and oxygen atoms in total. The highest BCUT2D eigenvalue weighted by atomic mass is 16.1. The number of H-pyrrole nitrogens is 1. The van der Waals surface area contributed by atoms with E-state index in [1.807, 2.05) is 31.2 Å². The number of carbonyl (C=O) groups is 1. The number of anilines is 1. The van der Waals surface area contributed by atoms with E-state index in [1.54, 1.807) is 10.9 Å². The van der Waals surface area contributed by atoms with Crippen molar-refractivity contribution < 1.29 is 4.79 Å². The summed E-state index contributed by atoms with van der Waals surface area (Å²) in [7, 11) is 0. The molecule has 0 saturated heterocycles. The normalized spacial score (nSPS) is 10.7.